The predicted molar refractivity (Wildman–Crippen MR) is 85.0 cm³/mol. The first-order valence-electron chi connectivity index (χ1n) is 7.60. The summed E-state index contributed by atoms with van der Waals surface area (Å²) in [5.41, 5.74) is 0. The molecule has 1 saturated carbocycles. The van der Waals surface area contributed by atoms with E-state index in [1.54, 1.807) is 7.11 Å². The molecule has 21 heavy (non-hydrogen) atoms. The molecule has 2 N–H and O–H groups in total. The van der Waals surface area contributed by atoms with Gasteiger partial charge in [0.1, 0.15) is 0 Å². The number of rotatable bonds is 7. The number of anilines is 3. The van der Waals surface area contributed by atoms with Crippen molar-refractivity contribution in [3.63, 3.8) is 0 Å². The summed E-state index contributed by atoms with van der Waals surface area (Å²) < 4.78 is 5.51. The van der Waals surface area contributed by atoms with Crippen LogP contribution in [0.15, 0.2) is 0 Å². The molecule has 7 heteroatoms. The maximum atomic E-state index is 5.51. The van der Waals surface area contributed by atoms with E-state index in [2.05, 4.69) is 32.5 Å². The summed E-state index contributed by atoms with van der Waals surface area (Å²) in [6.45, 7) is 2.96. The Hall–Kier alpha value is -1.63. The third-order valence-corrected chi connectivity index (χ3v) is 3.63. The van der Waals surface area contributed by atoms with Crippen molar-refractivity contribution in [2.24, 2.45) is 0 Å². The number of hydrogen-bond donors (Lipinski definition) is 2. The van der Waals surface area contributed by atoms with Gasteiger partial charge in [0.2, 0.25) is 17.8 Å². The van der Waals surface area contributed by atoms with E-state index in [1.807, 2.05) is 19.0 Å². The first-order chi connectivity index (χ1) is 10.1. The molecule has 2 atom stereocenters. The van der Waals surface area contributed by atoms with Crippen LogP contribution in [-0.4, -0.2) is 54.8 Å². The SMILES string of the molecule is CCCNc1nc(NC2CCCC2OC)nc(N(C)C)n1. The van der Waals surface area contributed by atoms with E-state index in [1.165, 1.54) is 6.42 Å². The lowest BCUT2D eigenvalue weighted by Crippen LogP contribution is -2.31. The van der Waals surface area contributed by atoms with E-state index in [-0.39, 0.29) is 12.1 Å². The van der Waals surface area contributed by atoms with Gasteiger partial charge in [-0.25, -0.2) is 0 Å². The molecule has 0 amide bonds. The second-order valence-electron chi connectivity index (χ2n) is 5.56. The van der Waals surface area contributed by atoms with Gasteiger partial charge in [-0.05, 0) is 25.7 Å². The normalized spacial score (nSPS) is 21.3. The number of methoxy groups -OCH3 is 1. The van der Waals surface area contributed by atoms with Gasteiger partial charge in [-0.1, -0.05) is 6.92 Å². The Morgan fingerprint density at radius 2 is 1.95 bits per heavy atom. The molecule has 0 saturated heterocycles. The van der Waals surface area contributed by atoms with Crippen molar-refractivity contribution in [3.05, 3.63) is 0 Å². The largest absolute Gasteiger partial charge is 0.379 e. The third-order valence-electron chi connectivity index (χ3n) is 3.63. The van der Waals surface area contributed by atoms with E-state index >= 15 is 0 Å². The summed E-state index contributed by atoms with van der Waals surface area (Å²) in [5, 5.41) is 6.62. The molecule has 0 spiro atoms. The van der Waals surface area contributed by atoms with Gasteiger partial charge in [-0.3, -0.25) is 0 Å². The minimum Gasteiger partial charge on any atom is -0.379 e. The van der Waals surface area contributed by atoms with Crippen LogP contribution in [0.5, 0.6) is 0 Å². The summed E-state index contributed by atoms with van der Waals surface area (Å²) in [7, 11) is 5.62. The van der Waals surface area contributed by atoms with Gasteiger partial charge in [0.05, 0.1) is 12.1 Å². The number of aromatic nitrogens is 3. The fourth-order valence-corrected chi connectivity index (χ4v) is 2.48. The molecule has 1 aliphatic rings. The van der Waals surface area contributed by atoms with Crippen LogP contribution in [0.25, 0.3) is 0 Å². The molecular formula is C14H26N6O. The van der Waals surface area contributed by atoms with Crippen molar-refractivity contribution in [2.45, 2.75) is 44.8 Å². The molecule has 0 aliphatic heterocycles. The Morgan fingerprint density at radius 1 is 1.19 bits per heavy atom. The van der Waals surface area contributed by atoms with Crippen molar-refractivity contribution in [1.82, 2.24) is 15.0 Å². The third kappa shape index (κ3) is 4.17. The second-order valence-corrected chi connectivity index (χ2v) is 5.56. The Balaban J connectivity index is 2.15. The molecule has 0 bridgehead atoms. The summed E-state index contributed by atoms with van der Waals surface area (Å²) in [5.74, 6) is 1.88. The lowest BCUT2D eigenvalue weighted by Gasteiger charge is -2.21. The number of nitrogens with one attached hydrogen (secondary N) is 2. The maximum absolute atomic E-state index is 5.51. The number of ether oxygens (including phenoxy) is 1. The molecule has 0 aromatic carbocycles. The zero-order valence-electron chi connectivity index (χ0n) is 13.4. The van der Waals surface area contributed by atoms with Gasteiger partial charge >= 0.3 is 0 Å². The van der Waals surface area contributed by atoms with Crippen molar-refractivity contribution in [1.29, 1.82) is 0 Å². The quantitative estimate of drug-likeness (QED) is 0.793. The number of nitrogens with zero attached hydrogens (tertiary/aromatic N) is 4. The molecule has 1 aromatic heterocycles. The molecular weight excluding hydrogens is 268 g/mol. The van der Waals surface area contributed by atoms with Gasteiger partial charge in [0.15, 0.2) is 0 Å². The first kappa shape index (κ1) is 15.8. The lowest BCUT2D eigenvalue weighted by molar-refractivity contribution is 0.101. The molecule has 1 heterocycles. The summed E-state index contributed by atoms with van der Waals surface area (Å²) in [6.07, 6.45) is 4.60. The predicted octanol–water partition coefficient (Wildman–Crippen LogP) is 1.74. The Labute approximate surface area is 126 Å². The molecule has 1 aliphatic carbocycles. The van der Waals surface area contributed by atoms with Gasteiger partial charge in [0.25, 0.3) is 0 Å². The van der Waals surface area contributed by atoms with Crippen molar-refractivity contribution >= 4 is 17.8 Å². The highest BCUT2D eigenvalue weighted by molar-refractivity contribution is 5.43. The molecule has 1 fully saturated rings. The van der Waals surface area contributed by atoms with Crippen LogP contribution >= 0.6 is 0 Å². The van der Waals surface area contributed by atoms with E-state index in [0.29, 0.717) is 17.8 Å². The zero-order valence-corrected chi connectivity index (χ0v) is 13.4. The fourth-order valence-electron chi connectivity index (χ4n) is 2.48. The minimum absolute atomic E-state index is 0.233. The maximum Gasteiger partial charge on any atom is 0.231 e. The van der Waals surface area contributed by atoms with Crippen LogP contribution in [0, 0.1) is 0 Å². The van der Waals surface area contributed by atoms with E-state index in [9.17, 15) is 0 Å². The highest BCUT2D eigenvalue weighted by Gasteiger charge is 2.27. The van der Waals surface area contributed by atoms with Crippen LogP contribution in [0.2, 0.25) is 0 Å². The Bertz CT molecular complexity index is 453. The van der Waals surface area contributed by atoms with E-state index in [0.717, 1.165) is 25.8 Å². The molecule has 0 radical (unpaired) electrons. The van der Waals surface area contributed by atoms with Crippen molar-refractivity contribution in [2.75, 3.05) is 43.3 Å². The van der Waals surface area contributed by atoms with Crippen LogP contribution < -0.4 is 15.5 Å². The average Bonchev–Trinajstić information content (AvgIpc) is 2.92. The smallest absolute Gasteiger partial charge is 0.231 e. The zero-order chi connectivity index (χ0) is 15.2. The van der Waals surface area contributed by atoms with Gasteiger partial charge in [0, 0.05) is 27.7 Å². The summed E-state index contributed by atoms with van der Waals surface area (Å²) >= 11 is 0. The Kier molecular flexibility index (Phi) is 5.55. The van der Waals surface area contributed by atoms with E-state index in [4.69, 9.17) is 4.74 Å². The monoisotopic (exact) mass is 294 g/mol. The van der Waals surface area contributed by atoms with Gasteiger partial charge < -0.3 is 20.3 Å². The van der Waals surface area contributed by atoms with E-state index < -0.39 is 0 Å². The number of hydrogen-bond acceptors (Lipinski definition) is 7. The average molecular weight is 294 g/mol. The van der Waals surface area contributed by atoms with Crippen LogP contribution in [-0.2, 0) is 4.74 Å². The van der Waals surface area contributed by atoms with Crippen LogP contribution in [0.4, 0.5) is 17.8 Å². The van der Waals surface area contributed by atoms with Gasteiger partial charge in [-0.2, -0.15) is 15.0 Å². The van der Waals surface area contributed by atoms with Crippen molar-refractivity contribution < 1.29 is 4.74 Å². The van der Waals surface area contributed by atoms with Crippen LogP contribution in [0.3, 0.4) is 0 Å². The van der Waals surface area contributed by atoms with Crippen LogP contribution in [0.1, 0.15) is 32.6 Å². The highest BCUT2D eigenvalue weighted by Crippen LogP contribution is 2.24. The van der Waals surface area contributed by atoms with Gasteiger partial charge in [-0.15, -0.1) is 0 Å². The second kappa shape index (κ2) is 7.40. The standard InChI is InChI=1S/C14H26N6O/c1-5-9-15-12-17-13(19-14(18-12)20(2)3)16-10-7-6-8-11(10)21-4/h10-11H,5-9H2,1-4H3,(H2,15,16,17,18,19). The summed E-state index contributed by atoms with van der Waals surface area (Å²) in [4.78, 5) is 15.2. The topological polar surface area (TPSA) is 75.2 Å². The molecule has 2 rings (SSSR count). The summed E-state index contributed by atoms with van der Waals surface area (Å²) in [6, 6.07) is 0.270. The molecule has 7 nitrogen and oxygen atoms in total. The molecule has 1 aromatic rings. The Morgan fingerprint density at radius 3 is 2.62 bits per heavy atom. The molecule has 2 unspecified atom stereocenters. The molecule has 118 valence electrons. The minimum atomic E-state index is 0.233. The lowest BCUT2D eigenvalue weighted by atomic mass is 10.2. The highest BCUT2D eigenvalue weighted by atomic mass is 16.5. The fraction of sp³-hybridized carbons (Fsp3) is 0.786. The van der Waals surface area contributed by atoms with Crippen molar-refractivity contribution in [3.8, 4) is 0 Å². The first-order valence-corrected chi connectivity index (χ1v) is 7.60.